The van der Waals surface area contributed by atoms with Gasteiger partial charge in [-0.15, -0.1) is 0 Å². The lowest BCUT2D eigenvalue weighted by atomic mass is 10.2. The van der Waals surface area contributed by atoms with Gasteiger partial charge in [0, 0.05) is 22.7 Å². The average Bonchev–Trinajstić information content (AvgIpc) is 2.78. The fraction of sp³-hybridized carbons (Fsp3) is 0.417. The topological polar surface area (TPSA) is 47.9 Å². The van der Waals surface area contributed by atoms with Gasteiger partial charge in [-0.2, -0.15) is 5.26 Å². The number of hydrogen-bond donors (Lipinski definition) is 2. The number of nitrogens with zero attached hydrogens (tertiary/aromatic N) is 1. The van der Waals surface area contributed by atoms with Gasteiger partial charge in [0.1, 0.15) is 0 Å². The van der Waals surface area contributed by atoms with Crippen LogP contribution in [0.1, 0.15) is 18.4 Å². The number of nitriles is 1. The minimum Gasteiger partial charge on any atom is -0.383 e. The summed E-state index contributed by atoms with van der Waals surface area (Å²) < 4.78 is 0.938. The number of hydrogen-bond acceptors (Lipinski definition) is 3. The van der Waals surface area contributed by atoms with Crippen molar-refractivity contribution in [2.45, 2.75) is 18.9 Å². The van der Waals surface area contributed by atoms with Gasteiger partial charge < -0.3 is 10.6 Å². The van der Waals surface area contributed by atoms with E-state index in [2.05, 4.69) is 32.6 Å². The zero-order valence-corrected chi connectivity index (χ0v) is 10.5. The van der Waals surface area contributed by atoms with Crippen molar-refractivity contribution in [3.63, 3.8) is 0 Å². The van der Waals surface area contributed by atoms with Gasteiger partial charge in [-0.1, -0.05) is 15.9 Å². The van der Waals surface area contributed by atoms with E-state index in [0.717, 1.165) is 23.2 Å². The Bertz CT molecular complexity index is 405. The number of nitrogens with one attached hydrogen (secondary N) is 2. The summed E-state index contributed by atoms with van der Waals surface area (Å²) in [5.74, 6) is 0. The first kappa shape index (κ1) is 11.4. The summed E-state index contributed by atoms with van der Waals surface area (Å²) in [4.78, 5) is 0. The van der Waals surface area contributed by atoms with E-state index in [1.165, 1.54) is 12.8 Å². The summed E-state index contributed by atoms with van der Waals surface area (Å²) in [7, 11) is 0. The second kappa shape index (κ2) is 5.33. The highest BCUT2D eigenvalue weighted by Crippen LogP contribution is 2.19. The molecule has 84 valence electrons. The molecule has 0 bridgehead atoms. The molecule has 0 aliphatic carbocycles. The van der Waals surface area contributed by atoms with Crippen molar-refractivity contribution in [3.8, 4) is 6.07 Å². The molecule has 4 heteroatoms. The molecule has 1 aromatic carbocycles. The van der Waals surface area contributed by atoms with Crippen LogP contribution in [0.15, 0.2) is 22.7 Å². The minimum atomic E-state index is 0.560. The molecule has 3 nitrogen and oxygen atoms in total. The molecule has 1 aliphatic rings. The molecular weight excluding hydrogens is 266 g/mol. The molecule has 2 rings (SSSR count). The zero-order valence-electron chi connectivity index (χ0n) is 8.96. The lowest BCUT2D eigenvalue weighted by molar-refractivity contribution is 0.633. The fourth-order valence-corrected chi connectivity index (χ4v) is 2.42. The molecule has 2 N–H and O–H groups in total. The molecule has 0 spiro atoms. The van der Waals surface area contributed by atoms with E-state index in [1.54, 1.807) is 0 Å². The Morgan fingerprint density at radius 1 is 1.50 bits per heavy atom. The molecule has 0 radical (unpaired) electrons. The predicted octanol–water partition coefficient (Wildman–Crippen LogP) is 2.48. The molecule has 1 aromatic rings. The number of halogens is 1. The van der Waals surface area contributed by atoms with Crippen LogP contribution in [0.2, 0.25) is 0 Å². The standard InChI is InChI=1S/C12H14BrN3/c13-10-4-9(7-14)5-12(6-10)16-8-11-2-1-3-15-11/h4-6,11,15-16H,1-3,8H2. The molecule has 1 heterocycles. The second-order valence-electron chi connectivity index (χ2n) is 4.01. The van der Waals surface area contributed by atoms with Crippen LogP contribution < -0.4 is 10.6 Å². The fourth-order valence-electron chi connectivity index (χ4n) is 1.93. The summed E-state index contributed by atoms with van der Waals surface area (Å²) >= 11 is 3.40. The van der Waals surface area contributed by atoms with E-state index < -0.39 is 0 Å². The highest BCUT2D eigenvalue weighted by molar-refractivity contribution is 9.10. The highest BCUT2D eigenvalue weighted by Gasteiger charge is 2.13. The molecule has 0 amide bonds. The molecule has 1 atom stereocenters. The van der Waals surface area contributed by atoms with E-state index in [-0.39, 0.29) is 0 Å². The minimum absolute atomic E-state index is 0.560. The SMILES string of the molecule is N#Cc1cc(Br)cc(NCC2CCCN2)c1. The Morgan fingerprint density at radius 3 is 3.06 bits per heavy atom. The van der Waals surface area contributed by atoms with Gasteiger partial charge in [-0.25, -0.2) is 0 Å². The smallest absolute Gasteiger partial charge is 0.0992 e. The van der Waals surface area contributed by atoms with Crippen molar-refractivity contribution < 1.29 is 0 Å². The summed E-state index contributed by atoms with van der Waals surface area (Å²) in [6, 6.07) is 8.40. The molecule has 1 aliphatic heterocycles. The summed E-state index contributed by atoms with van der Waals surface area (Å²) in [6.45, 7) is 2.04. The Morgan fingerprint density at radius 2 is 2.38 bits per heavy atom. The zero-order chi connectivity index (χ0) is 11.4. The van der Waals surface area contributed by atoms with Crippen molar-refractivity contribution in [1.29, 1.82) is 5.26 Å². The van der Waals surface area contributed by atoms with Gasteiger partial charge in [0.25, 0.3) is 0 Å². The van der Waals surface area contributed by atoms with Crippen LogP contribution in [0.5, 0.6) is 0 Å². The largest absolute Gasteiger partial charge is 0.383 e. The molecule has 1 fully saturated rings. The lowest BCUT2D eigenvalue weighted by Crippen LogP contribution is -2.29. The predicted molar refractivity (Wildman–Crippen MR) is 68.4 cm³/mol. The van der Waals surface area contributed by atoms with Gasteiger partial charge in [-0.05, 0) is 37.6 Å². The van der Waals surface area contributed by atoms with Gasteiger partial charge in [-0.3, -0.25) is 0 Å². The monoisotopic (exact) mass is 279 g/mol. The Labute approximate surface area is 104 Å². The second-order valence-corrected chi connectivity index (χ2v) is 4.93. The molecule has 0 saturated carbocycles. The molecular formula is C12H14BrN3. The van der Waals surface area contributed by atoms with Crippen LogP contribution in [-0.2, 0) is 0 Å². The number of anilines is 1. The van der Waals surface area contributed by atoms with Gasteiger partial charge in [0.15, 0.2) is 0 Å². The van der Waals surface area contributed by atoms with Gasteiger partial charge in [0.2, 0.25) is 0 Å². The first-order chi connectivity index (χ1) is 7.78. The third kappa shape index (κ3) is 2.97. The summed E-state index contributed by atoms with van der Waals surface area (Å²) in [5.41, 5.74) is 1.68. The third-order valence-corrected chi connectivity index (χ3v) is 3.20. The molecule has 0 aromatic heterocycles. The number of benzene rings is 1. The first-order valence-electron chi connectivity index (χ1n) is 5.46. The van der Waals surface area contributed by atoms with Crippen LogP contribution >= 0.6 is 15.9 Å². The van der Waals surface area contributed by atoms with Crippen LogP contribution in [0.25, 0.3) is 0 Å². The molecule has 1 unspecified atom stereocenters. The van der Waals surface area contributed by atoms with E-state index in [9.17, 15) is 0 Å². The van der Waals surface area contributed by atoms with Crippen molar-refractivity contribution in [2.75, 3.05) is 18.4 Å². The van der Waals surface area contributed by atoms with E-state index in [1.807, 2.05) is 18.2 Å². The number of rotatable bonds is 3. The Hall–Kier alpha value is -1.05. The summed E-state index contributed by atoms with van der Waals surface area (Å²) in [6.07, 6.45) is 2.49. The van der Waals surface area contributed by atoms with Crippen LogP contribution in [0, 0.1) is 11.3 Å². The van der Waals surface area contributed by atoms with E-state index in [0.29, 0.717) is 11.6 Å². The van der Waals surface area contributed by atoms with E-state index in [4.69, 9.17) is 5.26 Å². The van der Waals surface area contributed by atoms with Gasteiger partial charge >= 0.3 is 0 Å². The summed E-state index contributed by atoms with van der Waals surface area (Å²) in [5, 5.41) is 15.6. The Balaban J connectivity index is 1.98. The van der Waals surface area contributed by atoms with E-state index >= 15 is 0 Å². The molecule has 16 heavy (non-hydrogen) atoms. The van der Waals surface area contributed by atoms with Crippen molar-refractivity contribution in [3.05, 3.63) is 28.2 Å². The van der Waals surface area contributed by atoms with Crippen molar-refractivity contribution in [2.24, 2.45) is 0 Å². The van der Waals surface area contributed by atoms with Crippen molar-refractivity contribution >= 4 is 21.6 Å². The lowest BCUT2D eigenvalue weighted by Gasteiger charge is -2.13. The average molecular weight is 280 g/mol. The maximum Gasteiger partial charge on any atom is 0.0992 e. The quantitative estimate of drug-likeness (QED) is 0.894. The van der Waals surface area contributed by atoms with Crippen LogP contribution in [0.4, 0.5) is 5.69 Å². The maximum atomic E-state index is 8.86. The van der Waals surface area contributed by atoms with Crippen LogP contribution in [-0.4, -0.2) is 19.1 Å². The Kier molecular flexibility index (Phi) is 3.81. The van der Waals surface area contributed by atoms with Gasteiger partial charge in [0.05, 0.1) is 11.6 Å². The third-order valence-electron chi connectivity index (χ3n) is 2.74. The maximum absolute atomic E-state index is 8.86. The van der Waals surface area contributed by atoms with Crippen LogP contribution in [0.3, 0.4) is 0 Å². The molecule has 1 saturated heterocycles. The first-order valence-corrected chi connectivity index (χ1v) is 6.25. The van der Waals surface area contributed by atoms with Crippen molar-refractivity contribution in [1.82, 2.24) is 5.32 Å². The highest BCUT2D eigenvalue weighted by atomic mass is 79.9. The normalized spacial score (nSPS) is 19.4.